The van der Waals surface area contributed by atoms with Gasteiger partial charge in [-0.25, -0.2) is 4.79 Å². The van der Waals surface area contributed by atoms with E-state index in [1.165, 1.54) is 10.5 Å². The van der Waals surface area contributed by atoms with Gasteiger partial charge >= 0.3 is 6.03 Å². The first kappa shape index (κ1) is 21.4. The first-order valence-electron chi connectivity index (χ1n) is 11.2. The van der Waals surface area contributed by atoms with Crippen molar-refractivity contribution < 1.29 is 4.79 Å². The fourth-order valence-electron chi connectivity index (χ4n) is 4.54. The fraction of sp³-hybridized carbons (Fsp3) is 0.179. The molecule has 1 atom stereocenters. The number of para-hydroxylation sites is 1. The van der Waals surface area contributed by atoms with E-state index < -0.39 is 0 Å². The molecule has 1 aliphatic heterocycles. The summed E-state index contributed by atoms with van der Waals surface area (Å²) in [5, 5.41) is 3.18. The van der Waals surface area contributed by atoms with Gasteiger partial charge < -0.3 is 14.8 Å². The molecule has 3 aromatic carbocycles. The predicted octanol–water partition coefficient (Wildman–Crippen LogP) is 6.06. The van der Waals surface area contributed by atoms with Crippen LogP contribution in [-0.4, -0.2) is 28.3 Å². The minimum Gasteiger partial charge on any atom is -0.338 e. The Kier molecular flexibility index (Phi) is 6.22. The van der Waals surface area contributed by atoms with Crippen LogP contribution in [0.1, 0.15) is 28.4 Å². The Morgan fingerprint density at radius 3 is 2.48 bits per heavy atom. The van der Waals surface area contributed by atoms with Gasteiger partial charge in [0.1, 0.15) is 0 Å². The van der Waals surface area contributed by atoms with Crippen molar-refractivity contribution in [3.63, 3.8) is 0 Å². The lowest BCUT2D eigenvalue weighted by Crippen LogP contribution is -2.42. The second kappa shape index (κ2) is 9.59. The third-order valence-corrected chi connectivity index (χ3v) is 6.93. The van der Waals surface area contributed by atoms with Crippen molar-refractivity contribution in [3.05, 3.63) is 120 Å². The van der Waals surface area contributed by atoms with Gasteiger partial charge in [-0.3, -0.25) is 0 Å². The molecule has 2 amide bonds. The molecule has 0 saturated carbocycles. The van der Waals surface area contributed by atoms with Crippen molar-refractivity contribution in [1.29, 1.82) is 0 Å². The van der Waals surface area contributed by atoms with E-state index in [0.29, 0.717) is 13.1 Å². The van der Waals surface area contributed by atoms with E-state index in [0.717, 1.165) is 28.9 Å². The third kappa shape index (κ3) is 4.41. The number of nitrogens with one attached hydrogen (secondary N) is 1. The minimum atomic E-state index is -0.181. The van der Waals surface area contributed by atoms with Crippen LogP contribution in [0.25, 0.3) is 5.69 Å². The van der Waals surface area contributed by atoms with E-state index in [2.05, 4.69) is 89.1 Å². The molecule has 4 aromatic rings. The number of hydrogen-bond acceptors (Lipinski definition) is 2. The lowest BCUT2D eigenvalue weighted by Gasteiger charge is -2.31. The number of carbonyl (C=O) groups is 1. The third-order valence-electron chi connectivity index (χ3n) is 6.19. The number of rotatable bonds is 5. The summed E-state index contributed by atoms with van der Waals surface area (Å²) in [5.41, 5.74) is 5.69. The van der Waals surface area contributed by atoms with Gasteiger partial charge in [0.2, 0.25) is 0 Å². The molecule has 33 heavy (non-hydrogen) atoms. The van der Waals surface area contributed by atoms with Crippen LogP contribution in [0, 0.1) is 0 Å². The van der Waals surface area contributed by atoms with Crippen molar-refractivity contribution in [3.8, 4) is 5.69 Å². The lowest BCUT2D eigenvalue weighted by molar-refractivity contribution is 0.180. The van der Waals surface area contributed by atoms with Gasteiger partial charge in [0.05, 0.1) is 18.3 Å². The van der Waals surface area contributed by atoms with E-state index in [9.17, 15) is 4.79 Å². The zero-order chi connectivity index (χ0) is 22.6. The largest absolute Gasteiger partial charge is 0.338 e. The number of thioether (sulfide) groups is 1. The Morgan fingerprint density at radius 1 is 0.939 bits per heavy atom. The topological polar surface area (TPSA) is 37.3 Å². The second-order valence-electron chi connectivity index (χ2n) is 8.20. The zero-order valence-corrected chi connectivity index (χ0v) is 19.5. The van der Waals surface area contributed by atoms with Crippen LogP contribution in [-0.2, 0) is 13.0 Å². The van der Waals surface area contributed by atoms with Gasteiger partial charge in [-0.2, -0.15) is 0 Å². The van der Waals surface area contributed by atoms with Crippen LogP contribution in [0.5, 0.6) is 0 Å². The van der Waals surface area contributed by atoms with Gasteiger partial charge in [-0.1, -0.05) is 60.7 Å². The molecule has 0 aliphatic carbocycles. The molecule has 4 nitrogen and oxygen atoms in total. The van der Waals surface area contributed by atoms with E-state index in [4.69, 9.17) is 0 Å². The number of nitrogens with zero attached hydrogens (tertiary/aromatic N) is 2. The number of urea groups is 1. The Bertz CT molecular complexity index is 1230. The van der Waals surface area contributed by atoms with E-state index in [1.54, 1.807) is 11.8 Å². The smallest absolute Gasteiger partial charge is 0.318 e. The summed E-state index contributed by atoms with van der Waals surface area (Å²) in [7, 11) is 0. The molecular formula is C28H27N3OS. The number of fused-ring (bicyclic) bond motifs is 3. The van der Waals surface area contributed by atoms with E-state index in [1.807, 2.05) is 29.2 Å². The highest BCUT2D eigenvalue weighted by Gasteiger charge is 2.32. The molecule has 1 aliphatic rings. The first-order chi connectivity index (χ1) is 16.2. The van der Waals surface area contributed by atoms with Gasteiger partial charge in [0, 0.05) is 23.3 Å². The van der Waals surface area contributed by atoms with Crippen LogP contribution in [0.15, 0.2) is 102 Å². The molecule has 1 aromatic heterocycles. The summed E-state index contributed by atoms with van der Waals surface area (Å²) in [5.74, 6) is 0. The van der Waals surface area contributed by atoms with Crippen LogP contribution >= 0.6 is 11.8 Å². The SMILES string of the molecule is CSc1ccc([C@H]2c3cccn3-c3ccccc3CN2C(=O)NCCc2ccccc2)cc1. The zero-order valence-electron chi connectivity index (χ0n) is 18.6. The summed E-state index contributed by atoms with van der Waals surface area (Å²) in [6, 6.07) is 31.1. The molecule has 1 N–H and O–H groups in total. The Balaban J connectivity index is 1.49. The van der Waals surface area contributed by atoms with E-state index >= 15 is 0 Å². The molecule has 166 valence electrons. The maximum Gasteiger partial charge on any atom is 0.318 e. The average Bonchev–Trinajstić information content (AvgIpc) is 3.29. The number of aromatic nitrogens is 1. The average molecular weight is 454 g/mol. The summed E-state index contributed by atoms with van der Waals surface area (Å²) in [4.78, 5) is 16.8. The summed E-state index contributed by atoms with van der Waals surface area (Å²) in [6.07, 6.45) is 4.98. The van der Waals surface area contributed by atoms with Crippen molar-refractivity contribution in [2.75, 3.05) is 12.8 Å². The predicted molar refractivity (Wildman–Crippen MR) is 135 cm³/mol. The minimum absolute atomic E-state index is 0.0469. The van der Waals surface area contributed by atoms with Crippen molar-refractivity contribution in [1.82, 2.24) is 14.8 Å². The maximum atomic E-state index is 13.6. The van der Waals surface area contributed by atoms with E-state index in [-0.39, 0.29) is 12.1 Å². The molecule has 0 fully saturated rings. The number of hydrogen-bond donors (Lipinski definition) is 1. The number of benzene rings is 3. The van der Waals surface area contributed by atoms with Crippen molar-refractivity contribution in [2.45, 2.75) is 23.9 Å². The fourth-order valence-corrected chi connectivity index (χ4v) is 4.94. The highest BCUT2D eigenvalue weighted by molar-refractivity contribution is 7.98. The Morgan fingerprint density at radius 2 is 1.70 bits per heavy atom. The molecule has 5 rings (SSSR count). The highest BCUT2D eigenvalue weighted by atomic mass is 32.2. The summed E-state index contributed by atoms with van der Waals surface area (Å²) in [6.45, 7) is 1.14. The molecule has 2 heterocycles. The normalized spacial score (nSPS) is 14.8. The number of amides is 2. The molecule has 0 saturated heterocycles. The van der Waals surface area contributed by atoms with Gasteiger partial charge in [-0.05, 0) is 59.7 Å². The van der Waals surface area contributed by atoms with Gasteiger partial charge in [-0.15, -0.1) is 11.8 Å². The summed E-state index contributed by atoms with van der Waals surface area (Å²) >= 11 is 1.72. The second-order valence-corrected chi connectivity index (χ2v) is 9.08. The molecule has 0 bridgehead atoms. The quantitative estimate of drug-likeness (QED) is 0.373. The maximum absolute atomic E-state index is 13.6. The standard InChI is InChI=1S/C28H27N3OS/c1-33-24-15-13-22(14-16-24)27-26-12-7-19-30(26)25-11-6-5-10-23(25)20-31(27)28(32)29-18-17-21-8-3-2-4-9-21/h2-16,19,27H,17-18,20H2,1H3,(H,29,32)/t27-/m0/s1. The molecule has 0 spiro atoms. The number of carbonyl (C=O) groups excluding carboxylic acids is 1. The van der Waals surface area contributed by atoms with Gasteiger partial charge in [0.25, 0.3) is 0 Å². The monoisotopic (exact) mass is 453 g/mol. The first-order valence-corrected chi connectivity index (χ1v) is 12.4. The Hall–Kier alpha value is -3.44. The molecule has 0 radical (unpaired) electrons. The van der Waals surface area contributed by atoms with Crippen molar-refractivity contribution in [2.24, 2.45) is 0 Å². The van der Waals surface area contributed by atoms with Crippen LogP contribution in [0.3, 0.4) is 0 Å². The van der Waals surface area contributed by atoms with Gasteiger partial charge in [0.15, 0.2) is 0 Å². The molecular weight excluding hydrogens is 426 g/mol. The van der Waals surface area contributed by atoms with Crippen molar-refractivity contribution >= 4 is 17.8 Å². The molecule has 0 unspecified atom stereocenters. The van der Waals surface area contributed by atoms with Crippen LogP contribution in [0.4, 0.5) is 4.79 Å². The highest BCUT2D eigenvalue weighted by Crippen LogP contribution is 2.37. The van der Waals surface area contributed by atoms with Crippen LogP contribution < -0.4 is 5.32 Å². The Labute approximate surface area is 199 Å². The lowest BCUT2D eigenvalue weighted by atomic mass is 10.0. The van der Waals surface area contributed by atoms with Crippen LogP contribution in [0.2, 0.25) is 0 Å². The molecule has 5 heteroatoms. The summed E-state index contributed by atoms with van der Waals surface area (Å²) < 4.78 is 2.22.